The number of aromatic nitrogens is 5. The zero-order valence-corrected chi connectivity index (χ0v) is 40.4. The van der Waals surface area contributed by atoms with E-state index >= 15 is 8.78 Å². The number of anilines is 1. The molecule has 8 rings (SSSR count). The van der Waals surface area contributed by atoms with Crippen molar-refractivity contribution >= 4 is 48.0 Å². The quantitative estimate of drug-likeness (QED) is 0.123. The molecule has 0 bridgehead atoms. The third kappa shape index (κ3) is 9.59. The van der Waals surface area contributed by atoms with E-state index in [0.29, 0.717) is 34.9 Å². The molecule has 66 heavy (non-hydrogen) atoms. The van der Waals surface area contributed by atoms with Crippen LogP contribution in [0.5, 0.6) is 6.01 Å². The number of amides is 1. The van der Waals surface area contributed by atoms with Crippen molar-refractivity contribution in [2.75, 3.05) is 57.4 Å². The number of nitrogens with zero attached hydrogens (tertiary/aromatic N) is 8. The predicted molar refractivity (Wildman–Crippen MR) is 248 cm³/mol. The van der Waals surface area contributed by atoms with Crippen molar-refractivity contribution in [1.29, 1.82) is 0 Å². The zero-order valence-electron chi connectivity index (χ0n) is 39.4. The van der Waals surface area contributed by atoms with Gasteiger partial charge in [0.05, 0.1) is 24.0 Å². The van der Waals surface area contributed by atoms with E-state index < -0.39 is 55.1 Å². The zero-order chi connectivity index (χ0) is 47.4. The van der Waals surface area contributed by atoms with Gasteiger partial charge >= 0.3 is 18.2 Å². The molecule has 0 saturated carbocycles. The van der Waals surface area contributed by atoms with Crippen molar-refractivity contribution in [1.82, 2.24) is 34.3 Å². The second kappa shape index (κ2) is 17.7. The fourth-order valence-corrected chi connectivity index (χ4v) is 10.3. The highest BCUT2D eigenvalue weighted by atomic mass is 28.4. The van der Waals surface area contributed by atoms with E-state index in [-0.39, 0.29) is 79.3 Å². The van der Waals surface area contributed by atoms with E-state index in [9.17, 15) is 14.0 Å². The Bertz CT molecular complexity index is 2620. The van der Waals surface area contributed by atoms with Crippen molar-refractivity contribution in [3.05, 3.63) is 72.4 Å². The maximum absolute atomic E-state index is 17.7. The number of carbonyl (C=O) groups excluding carboxylic acids is 2. The van der Waals surface area contributed by atoms with Crippen LogP contribution in [0, 0.1) is 11.6 Å². The molecule has 6 heterocycles. The molecule has 0 spiro atoms. The molecule has 354 valence electrons. The molecule has 3 saturated heterocycles. The standard InChI is InChI=1S/C48H61F3N8O6Si/c1-45(2,3)64-43(60)57-22-21-56(27-47(7,28-57)65-44(61)58-20-18-52-30-58)41-35-25-53-39(38(51)40(35)54-42(55-41)62-29-48-17-11-19-59(48)26-32(49)24-48)34-13-10-12-31-14-15-36(50)33(37(31)34)16-23-63-66(8,9)46(4,5)6/h10,12-15,18,20,25,30,32H,11,16-17,19,21-24,26-29H2,1-9H3/t32-,47?,48+/m1/s1. The molecule has 1 unspecified atom stereocenters. The first-order chi connectivity index (χ1) is 31.1. The number of hydrogen-bond donors (Lipinski definition) is 0. The second-order valence-electron chi connectivity index (χ2n) is 20.8. The van der Waals surface area contributed by atoms with Crippen molar-refractivity contribution in [2.24, 2.45) is 0 Å². The van der Waals surface area contributed by atoms with Gasteiger partial charge in [-0.2, -0.15) is 9.97 Å². The predicted octanol–water partition coefficient (Wildman–Crippen LogP) is 9.34. The number of hydrogen-bond acceptors (Lipinski definition) is 12. The highest BCUT2D eigenvalue weighted by Crippen LogP contribution is 2.42. The third-order valence-corrected chi connectivity index (χ3v) is 18.1. The summed E-state index contributed by atoms with van der Waals surface area (Å²) in [6, 6.07) is 8.31. The molecule has 2 aromatic carbocycles. The first kappa shape index (κ1) is 47.2. The summed E-state index contributed by atoms with van der Waals surface area (Å²) in [5.41, 5.74) is -2.15. The van der Waals surface area contributed by atoms with Crippen LogP contribution < -0.4 is 9.64 Å². The molecule has 3 aromatic heterocycles. The summed E-state index contributed by atoms with van der Waals surface area (Å²) in [4.78, 5) is 50.8. The Morgan fingerprint density at radius 2 is 1.77 bits per heavy atom. The number of halogens is 3. The highest BCUT2D eigenvalue weighted by Gasteiger charge is 2.50. The van der Waals surface area contributed by atoms with Crippen LogP contribution in [0.25, 0.3) is 32.9 Å². The van der Waals surface area contributed by atoms with Crippen LogP contribution in [0.3, 0.4) is 0 Å². The molecule has 3 aliphatic rings. The number of pyridine rings is 1. The van der Waals surface area contributed by atoms with Gasteiger partial charge in [0.15, 0.2) is 14.1 Å². The molecule has 0 N–H and O–H groups in total. The summed E-state index contributed by atoms with van der Waals surface area (Å²) in [5.74, 6) is -1.01. The number of carbonyl (C=O) groups is 2. The molecule has 1 amide bonds. The van der Waals surface area contributed by atoms with Gasteiger partial charge in [0.25, 0.3) is 0 Å². The van der Waals surface area contributed by atoms with E-state index in [1.807, 2.05) is 6.07 Å². The summed E-state index contributed by atoms with van der Waals surface area (Å²) in [5, 5.41) is 1.39. The lowest BCUT2D eigenvalue weighted by molar-refractivity contribution is -0.00935. The van der Waals surface area contributed by atoms with Gasteiger partial charge < -0.3 is 28.4 Å². The molecule has 5 aromatic rings. The second-order valence-corrected chi connectivity index (χ2v) is 25.6. The fraction of sp³-hybridized carbons (Fsp3) is 0.542. The van der Waals surface area contributed by atoms with E-state index in [1.54, 1.807) is 50.8 Å². The maximum Gasteiger partial charge on any atom is 0.419 e. The topological polar surface area (TPSA) is 137 Å². The summed E-state index contributed by atoms with van der Waals surface area (Å²) in [7, 11) is -2.16. The van der Waals surface area contributed by atoms with E-state index in [4.69, 9.17) is 33.6 Å². The molecule has 14 nitrogen and oxygen atoms in total. The lowest BCUT2D eigenvalue weighted by Gasteiger charge is -2.36. The van der Waals surface area contributed by atoms with E-state index in [2.05, 4.69) is 43.7 Å². The largest absolute Gasteiger partial charge is 0.461 e. The Labute approximate surface area is 384 Å². The average Bonchev–Trinajstić information content (AvgIpc) is 3.95. The van der Waals surface area contributed by atoms with Gasteiger partial charge in [-0.3, -0.25) is 9.88 Å². The number of imidazole rings is 1. The lowest BCUT2D eigenvalue weighted by Crippen LogP contribution is -2.50. The minimum absolute atomic E-state index is 0.00812. The van der Waals surface area contributed by atoms with Gasteiger partial charge in [-0.25, -0.2) is 32.3 Å². The van der Waals surface area contributed by atoms with Crippen LogP contribution >= 0.6 is 0 Å². The number of fused-ring (bicyclic) bond motifs is 3. The van der Waals surface area contributed by atoms with Crippen molar-refractivity contribution in [3.8, 4) is 17.3 Å². The maximum atomic E-state index is 17.7. The van der Waals surface area contributed by atoms with Crippen LogP contribution in [0.15, 0.2) is 55.2 Å². The molecule has 3 atom stereocenters. The smallest absolute Gasteiger partial charge is 0.419 e. The molecule has 0 aliphatic carbocycles. The molecule has 3 aliphatic heterocycles. The summed E-state index contributed by atoms with van der Waals surface area (Å²) in [6.07, 6.45) is 5.53. The minimum atomic E-state index is -2.16. The van der Waals surface area contributed by atoms with Gasteiger partial charge in [-0.1, -0.05) is 45.0 Å². The van der Waals surface area contributed by atoms with Crippen molar-refractivity contribution in [2.45, 2.75) is 115 Å². The van der Waals surface area contributed by atoms with Gasteiger partial charge in [0, 0.05) is 56.8 Å². The van der Waals surface area contributed by atoms with Crippen LogP contribution in [-0.2, 0) is 20.3 Å². The van der Waals surface area contributed by atoms with Crippen LogP contribution in [0.1, 0.15) is 73.3 Å². The number of alkyl halides is 1. The Morgan fingerprint density at radius 3 is 2.50 bits per heavy atom. The summed E-state index contributed by atoms with van der Waals surface area (Å²) in [6.45, 7) is 19.3. The summed E-state index contributed by atoms with van der Waals surface area (Å²) >= 11 is 0. The van der Waals surface area contributed by atoms with Crippen molar-refractivity contribution in [3.63, 3.8) is 0 Å². The van der Waals surface area contributed by atoms with Crippen LogP contribution in [-0.4, -0.2) is 130 Å². The first-order valence-corrected chi connectivity index (χ1v) is 25.6. The SMILES string of the molecule is CC(C)(C)OC(=O)N1CCN(c2nc(OC[C@@]34CCCN3C[C@H](F)C4)nc3c(F)c(-c4cccc5ccc(F)c(CCO[Si](C)(C)C(C)(C)C)c45)ncc23)CC(C)(OC(=O)n2ccnc2)C1. The first-order valence-electron chi connectivity index (χ1n) is 22.7. The molecule has 3 fully saturated rings. The monoisotopic (exact) mass is 930 g/mol. The fourth-order valence-electron chi connectivity index (χ4n) is 9.27. The average molecular weight is 931 g/mol. The van der Waals surface area contributed by atoms with E-state index in [0.717, 1.165) is 19.4 Å². The Kier molecular flexibility index (Phi) is 12.7. The number of benzene rings is 2. The highest BCUT2D eigenvalue weighted by molar-refractivity contribution is 6.74. The van der Waals surface area contributed by atoms with E-state index in [1.165, 1.54) is 40.5 Å². The van der Waals surface area contributed by atoms with Crippen LogP contribution in [0.2, 0.25) is 18.1 Å². The molecule has 18 heteroatoms. The number of ether oxygens (including phenoxy) is 3. The van der Waals surface area contributed by atoms with Gasteiger partial charge in [0.2, 0.25) is 0 Å². The summed E-state index contributed by atoms with van der Waals surface area (Å²) < 4.78 is 74.6. The Morgan fingerprint density at radius 1 is 0.985 bits per heavy atom. The number of rotatable bonds is 10. The van der Waals surface area contributed by atoms with Gasteiger partial charge in [-0.15, -0.1) is 0 Å². The Hall–Kier alpha value is -5.33. The Balaban J connectivity index is 1.23. The normalized spacial score (nSPS) is 21.9. The molecule has 0 radical (unpaired) electrons. The molecular formula is C48H61F3N8O6Si. The lowest BCUT2D eigenvalue weighted by atomic mass is 9.94. The van der Waals surface area contributed by atoms with Gasteiger partial charge in [-0.05, 0) is 94.0 Å². The van der Waals surface area contributed by atoms with Crippen LogP contribution in [0.4, 0.5) is 28.6 Å². The minimum Gasteiger partial charge on any atom is -0.461 e. The third-order valence-electron chi connectivity index (χ3n) is 13.5. The molecular weight excluding hydrogens is 870 g/mol. The van der Waals surface area contributed by atoms with Gasteiger partial charge in [0.1, 0.15) is 53.2 Å². The van der Waals surface area contributed by atoms with Crippen molar-refractivity contribution < 1.29 is 41.4 Å².